The number of methoxy groups -OCH3 is 1. The van der Waals surface area contributed by atoms with Crippen molar-refractivity contribution >= 4 is 0 Å². The van der Waals surface area contributed by atoms with Crippen LogP contribution in [0, 0.1) is 0 Å². The van der Waals surface area contributed by atoms with Gasteiger partial charge in [-0.3, -0.25) is 0 Å². The molecule has 0 unspecified atom stereocenters. The van der Waals surface area contributed by atoms with Crippen molar-refractivity contribution in [3.05, 3.63) is 12.2 Å². The van der Waals surface area contributed by atoms with Gasteiger partial charge in [0, 0.05) is 7.11 Å². The van der Waals surface area contributed by atoms with Crippen LogP contribution in [0.5, 0.6) is 0 Å². The van der Waals surface area contributed by atoms with Crippen molar-refractivity contribution < 1.29 is 14.2 Å². The minimum Gasteiger partial charge on any atom is -0.378 e. The Labute approximate surface area is 86.0 Å². The fourth-order valence-corrected chi connectivity index (χ4v) is 1.61. The standard InChI is InChI=1S/C11H20O3/c1-8(2)6-9(12-5)10-7-13-11(3,4)14-10/h9-10H,1,6-7H2,2-5H3/t9-,10-/m1/s1. The van der Waals surface area contributed by atoms with Gasteiger partial charge in [-0.15, -0.1) is 6.58 Å². The Morgan fingerprint density at radius 3 is 2.64 bits per heavy atom. The molecule has 2 atom stereocenters. The second-order valence-corrected chi connectivity index (χ2v) is 4.30. The fraction of sp³-hybridized carbons (Fsp3) is 0.818. The Morgan fingerprint density at radius 1 is 1.64 bits per heavy atom. The lowest BCUT2D eigenvalue weighted by Crippen LogP contribution is -2.32. The van der Waals surface area contributed by atoms with Crippen LogP contribution >= 0.6 is 0 Å². The van der Waals surface area contributed by atoms with Crippen LogP contribution in [0.15, 0.2) is 12.2 Å². The molecule has 3 nitrogen and oxygen atoms in total. The van der Waals surface area contributed by atoms with Crippen molar-refractivity contribution in [2.45, 2.75) is 45.2 Å². The molecule has 0 bridgehead atoms. The molecule has 0 aromatic rings. The van der Waals surface area contributed by atoms with E-state index in [1.54, 1.807) is 7.11 Å². The van der Waals surface area contributed by atoms with E-state index in [4.69, 9.17) is 14.2 Å². The summed E-state index contributed by atoms with van der Waals surface area (Å²) in [6, 6.07) is 0. The molecule has 0 amide bonds. The van der Waals surface area contributed by atoms with E-state index < -0.39 is 5.79 Å². The van der Waals surface area contributed by atoms with E-state index in [2.05, 4.69) is 6.58 Å². The number of hydrogen-bond donors (Lipinski definition) is 0. The van der Waals surface area contributed by atoms with Gasteiger partial charge in [0.2, 0.25) is 0 Å². The first-order chi connectivity index (χ1) is 6.44. The van der Waals surface area contributed by atoms with Gasteiger partial charge in [-0.25, -0.2) is 0 Å². The molecular formula is C11H20O3. The van der Waals surface area contributed by atoms with Crippen LogP contribution in [0.3, 0.4) is 0 Å². The third-order valence-electron chi connectivity index (χ3n) is 2.30. The maximum absolute atomic E-state index is 5.71. The lowest BCUT2D eigenvalue weighted by atomic mass is 10.1. The Morgan fingerprint density at radius 2 is 2.29 bits per heavy atom. The van der Waals surface area contributed by atoms with Crippen LogP contribution in [0.25, 0.3) is 0 Å². The van der Waals surface area contributed by atoms with Crippen molar-refractivity contribution in [2.75, 3.05) is 13.7 Å². The largest absolute Gasteiger partial charge is 0.378 e. The van der Waals surface area contributed by atoms with Gasteiger partial charge in [-0.05, 0) is 27.2 Å². The summed E-state index contributed by atoms with van der Waals surface area (Å²) in [6.07, 6.45) is 0.890. The molecule has 1 aliphatic rings. The van der Waals surface area contributed by atoms with Gasteiger partial charge in [0.1, 0.15) is 6.10 Å². The molecule has 1 heterocycles. The predicted molar refractivity (Wildman–Crippen MR) is 55.1 cm³/mol. The molecule has 82 valence electrons. The predicted octanol–water partition coefficient (Wildman–Crippen LogP) is 2.12. The first-order valence-corrected chi connectivity index (χ1v) is 4.93. The number of hydrogen-bond acceptors (Lipinski definition) is 3. The average Bonchev–Trinajstić information content (AvgIpc) is 2.41. The van der Waals surface area contributed by atoms with Gasteiger partial charge in [0.25, 0.3) is 0 Å². The SMILES string of the molecule is C=C(C)C[C@@H](OC)[C@H]1COC(C)(C)O1. The molecular weight excluding hydrogens is 180 g/mol. The van der Waals surface area contributed by atoms with Gasteiger partial charge in [0.15, 0.2) is 5.79 Å². The summed E-state index contributed by atoms with van der Waals surface area (Å²) in [5.74, 6) is -0.476. The smallest absolute Gasteiger partial charge is 0.163 e. The van der Waals surface area contributed by atoms with E-state index in [0.29, 0.717) is 6.61 Å². The first-order valence-electron chi connectivity index (χ1n) is 4.93. The minimum atomic E-state index is -0.476. The summed E-state index contributed by atoms with van der Waals surface area (Å²) in [6.45, 7) is 10.3. The summed E-state index contributed by atoms with van der Waals surface area (Å²) >= 11 is 0. The quantitative estimate of drug-likeness (QED) is 0.651. The Kier molecular flexibility index (Phi) is 3.70. The summed E-state index contributed by atoms with van der Waals surface area (Å²) in [5, 5.41) is 0. The second-order valence-electron chi connectivity index (χ2n) is 4.30. The zero-order valence-corrected chi connectivity index (χ0v) is 9.50. The molecule has 1 rings (SSSR count). The minimum absolute atomic E-state index is 0.0201. The highest BCUT2D eigenvalue weighted by Gasteiger charge is 2.37. The molecule has 14 heavy (non-hydrogen) atoms. The summed E-state index contributed by atoms with van der Waals surface area (Å²) in [5.41, 5.74) is 1.10. The molecule has 1 fully saturated rings. The van der Waals surface area contributed by atoms with Crippen molar-refractivity contribution in [1.82, 2.24) is 0 Å². The van der Waals surface area contributed by atoms with E-state index >= 15 is 0 Å². The first kappa shape index (κ1) is 11.7. The summed E-state index contributed by atoms with van der Waals surface area (Å²) in [4.78, 5) is 0. The maximum atomic E-state index is 5.71. The van der Waals surface area contributed by atoms with Crippen molar-refractivity contribution in [1.29, 1.82) is 0 Å². The molecule has 0 aliphatic carbocycles. The lowest BCUT2D eigenvalue weighted by molar-refractivity contribution is -0.153. The average molecular weight is 200 g/mol. The van der Waals surface area contributed by atoms with Crippen LogP contribution in [-0.4, -0.2) is 31.7 Å². The zero-order valence-electron chi connectivity index (χ0n) is 9.50. The normalized spacial score (nSPS) is 27.6. The van der Waals surface area contributed by atoms with Crippen LogP contribution in [0.4, 0.5) is 0 Å². The number of rotatable bonds is 4. The molecule has 1 aliphatic heterocycles. The van der Waals surface area contributed by atoms with Gasteiger partial charge in [-0.2, -0.15) is 0 Å². The molecule has 1 saturated heterocycles. The Bertz CT molecular complexity index is 211. The van der Waals surface area contributed by atoms with E-state index in [1.807, 2.05) is 20.8 Å². The molecule has 0 saturated carbocycles. The lowest BCUT2D eigenvalue weighted by Gasteiger charge is -2.23. The van der Waals surface area contributed by atoms with Crippen molar-refractivity contribution in [3.8, 4) is 0 Å². The number of ether oxygens (including phenoxy) is 3. The van der Waals surface area contributed by atoms with E-state index in [0.717, 1.165) is 12.0 Å². The van der Waals surface area contributed by atoms with Crippen molar-refractivity contribution in [2.24, 2.45) is 0 Å². The highest BCUT2D eigenvalue weighted by atomic mass is 16.7. The third-order valence-corrected chi connectivity index (χ3v) is 2.30. The molecule has 0 spiro atoms. The molecule has 0 aromatic heterocycles. The van der Waals surface area contributed by atoms with E-state index in [9.17, 15) is 0 Å². The van der Waals surface area contributed by atoms with E-state index in [1.165, 1.54) is 0 Å². The van der Waals surface area contributed by atoms with Crippen LogP contribution in [0.2, 0.25) is 0 Å². The molecule has 3 heteroatoms. The van der Waals surface area contributed by atoms with Gasteiger partial charge in [0.05, 0.1) is 12.7 Å². The second kappa shape index (κ2) is 4.43. The molecule has 0 N–H and O–H groups in total. The van der Waals surface area contributed by atoms with Crippen LogP contribution in [0.1, 0.15) is 27.2 Å². The molecule has 0 radical (unpaired) electrons. The Hall–Kier alpha value is -0.380. The van der Waals surface area contributed by atoms with E-state index in [-0.39, 0.29) is 12.2 Å². The Balaban J connectivity index is 2.50. The van der Waals surface area contributed by atoms with Gasteiger partial charge >= 0.3 is 0 Å². The topological polar surface area (TPSA) is 27.7 Å². The maximum Gasteiger partial charge on any atom is 0.163 e. The zero-order chi connectivity index (χ0) is 10.8. The highest BCUT2D eigenvalue weighted by molar-refractivity contribution is 4.94. The van der Waals surface area contributed by atoms with Crippen molar-refractivity contribution in [3.63, 3.8) is 0 Å². The monoisotopic (exact) mass is 200 g/mol. The molecule has 0 aromatic carbocycles. The fourth-order valence-electron chi connectivity index (χ4n) is 1.61. The van der Waals surface area contributed by atoms with Gasteiger partial charge in [-0.1, -0.05) is 5.57 Å². The summed E-state index contributed by atoms with van der Waals surface area (Å²) < 4.78 is 16.6. The summed E-state index contributed by atoms with van der Waals surface area (Å²) in [7, 11) is 1.70. The third kappa shape index (κ3) is 3.08. The van der Waals surface area contributed by atoms with Gasteiger partial charge < -0.3 is 14.2 Å². The highest BCUT2D eigenvalue weighted by Crippen LogP contribution is 2.27. The van der Waals surface area contributed by atoms with Crippen LogP contribution < -0.4 is 0 Å². The van der Waals surface area contributed by atoms with Crippen LogP contribution in [-0.2, 0) is 14.2 Å².